The first kappa shape index (κ1) is 29.5. The Balaban J connectivity index is 1.52. The van der Waals surface area contributed by atoms with E-state index in [9.17, 15) is 16.8 Å². The summed E-state index contributed by atoms with van der Waals surface area (Å²) < 4.78 is 55.8. The number of nitrogens with one attached hydrogen (secondary N) is 1. The van der Waals surface area contributed by atoms with Crippen LogP contribution in [0.5, 0.6) is 0 Å². The van der Waals surface area contributed by atoms with Gasteiger partial charge in [-0.3, -0.25) is 0 Å². The molecule has 10 nitrogen and oxygen atoms in total. The first-order valence-corrected chi connectivity index (χ1v) is 16.5. The summed E-state index contributed by atoms with van der Waals surface area (Å²) in [5, 5.41) is 15.9. The maximum atomic E-state index is 13.4. The molecule has 1 saturated heterocycles. The fraction of sp³-hybridized carbons (Fsp3) is 0.259. The van der Waals surface area contributed by atoms with Crippen molar-refractivity contribution in [2.75, 3.05) is 19.6 Å². The van der Waals surface area contributed by atoms with Crippen LogP contribution in [-0.2, 0) is 20.2 Å². The molecule has 2 aliphatic heterocycles. The van der Waals surface area contributed by atoms with E-state index in [4.69, 9.17) is 33.4 Å². The smallest absolute Gasteiger partial charge is 0.285 e. The first-order chi connectivity index (χ1) is 19.5. The monoisotopic (exact) mass is 634 g/mol. The number of hydrogen-bond donors (Lipinski definition) is 2. The van der Waals surface area contributed by atoms with E-state index in [0.29, 0.717) is 29.4 Å². The van der Waals surface area contributed by atoms with Gasteiger partial charge in [0.2, 0.25) is 5.96 Å². The summed E-state index contributed by atoms with van der Waals surface area (Å²) in [4.78, 5) is -0.0223. The van der Waals surface area contributed by atoms with Gasteiger partial charge >= 0.3 is 0 Å². The Labute approximate surface area is 249 Å². The standard InChI is InChI=1S/C27H28Cl2N6O4S2/c28-21-8-6-20(7-9-21)26-25(19-4-2-1-3-5-19)18-35(32-26)27(31-23-14-16-34(17-15-23)41(30,38)39)33-40(36,37)24-12-10-22(29)11-13-24/h1-13,23,25H,14-18H2,(H,31,33)(H2,30,38,39)/t25-/m0/s1. The predicted octanol–water partition coefficient (Wildman–Crippen LogP) is 3.80. The van der Waals surface area contributed by atoms with Crippen LogP contribution < -0.4 is 10.5 Å². The number of sulfonamides is 1. The average Bonchev–Trinajstić information content (AvgIpc) is 3.39. The third kappa shape index (κ3) is 7.08. The van der Waals surface area contributed by atoms with Crippen molar-refractivity contribution in [2.45, 2.75) is 29.7 Å². The lowest BCUT2D eigenvalue weighted by Crippen LogP contribution is -2.51. The van der Waals surface area contributed by atoms with E-state index < -0.39 is 20.2 Å². The van der Waals surface area contributed by atoms with Crippen LogP contribution in [0.2, 0.25) is 10.0 Å². The minimum Gasteiger partial charge on any atom is -0.351 e. The van der Waals surface area contributed by atoms with Crippen LogP contribution in [0.3, 0.4) is 0 Å². The van der Waals surface area contributed by atoms with E-state index in [-0.39, 0.29) is 35.9 Å². The molecule has 3 N–H and O–H groups in total. The molecule has 0 aliphatic carbocycles. The van der Waals surface area contributed by atoms with Crippen LogP contribution in [0.4, 0.5) is 0 Å². The van der Waals surface area contributed by atoms with Crippen molar-refractivity contribution in [3.8, 4) is 0 Å². The van der Waals surface area contributed by atoms with Gasteiger partial charge in [0.05, 0.1) is 17.2 Å². The molecule has 0 radical (unpaired) electrons. The lowest BCUT2D eigenvalue weighted by atomic mass is 9.91. The lowest BCUT2D eigenvalue weighted by molar-refractivity contribution is 0.300. The highest BCUT2D eigenvalue weighted by atomic mass is 35.5. The SMILES string of the molecule is NS(=O)(=O)N1CCC(N/C(=N/S(=O)(=O)c2ccc(Cl)cc2)N2C[C@@H](c3ccccc3)C(c3ccc(Cl)cc3)=N2)CC1. The number of hydrazone groups is 1. The van der Waals surface area contributed by atoms with Crippen molar-refractivity contribution >= 4 is 55.1 Å². The molecule has 3 aromatic rings. The van der Waals surface area contributed by atoms with Gasteiger partial charge in [-0.25, -0.2) is 10.1 Å². The molecular formula is C27H28Cl2N6O4S2. The predicted molar refractivity (Wildman–Crippen MR) is 161 cm³/mol. The van der Waals surface area contributed by atoms with Gasteiger partial charge in [0.25, 0.3) is 20.2 Å². The molecule has 0 amide bonds. The molecule has 0 unspecified atom stereocenters. The highest BCUT2D eigenvalue weighted by molar-refractivity contribution is 7.90. The fourth-order valence-electron chi connectivity index (χ4n) is 4.82. The molecule has 0 aromatic heterocycles. The van der Waals surface area contributed by atoms with Crippen molar-refractivity contribution in [1.82, 2.24) is 14.6 Å². The Kier molecular flexibility index (Phi) is 8.69. The quantitative estimate of drug-likeness (QED) is 0.312. The Morgan fingerprint density at radius 3 is 2.05 bits per heavy atom. The van der Waals surface area contributed by atoms with Crippen molar-refractivity contribution in [1.29, 1.82) is 0 Å². The number of guanidine groups is 1. The summed E-state index contributed by atoms with van der Waals surface area (Å²) in [5.74, 6) is -0.147. The zero-order valence-electron chi connectivity index (χ0n) is 21.8. The molecule has 41 heavy (non-hydrogen) atoms. The molecule has 1 atom stereocenters. The summed E-state index contributed by atoms with van der Waals surface area (Å²) in [5.41, 5.74) is 2.58. The van der Waals surface area contributed by atoms with Gasteiger partial charge in [0, 0.05) is 35.1 Å². The minimum atomic E-state index is -4.16. The number of rotatable bonds is 6. The van der Waals surface area contributed by atoms with E-state index in [0.717, 1.165) is 16.8 Å². The number of nitrogens with zero attached hydrogens (tertiary/aromatic N) is 4. The second-order valence-electron chi connectivity index (χ2n) is 9.74. The lowest BCUT2D eigenvalue weighted by Gasteiger charge is -2.32. The Morgan fingerprint density at radius 2 is 1.46 bits per heavy atom. The summed E-state index contributed by atoms with van der Waals surface area (Å²) in [6.07, 6.45) is 0.806. The largest absolute Gasteiger partial charge is 0.351 e. The molecule has 2 aliphatic rings. The molecule has 2 heterocycles. The number of piperidine rings is 1. The maximum absolute atomic E-state index is 13.4. The first-order valence-electron chi connectivity index (χ1n) is 12.8. The number of halogens is 2. The topological polar surface area (TPSA) is 138 Å². The number of nitrogens with two attached hydrogens (primary N) is 1. The van der Waals surface area contributed by atoms with Gasteiger partial charge in [-0.05, 0) is 60.4 Å². The van der Waals surface area contributed by atoms with Gasteiger partial charge in [0.1, 0.15) is 0 Å². The molecule has 1 fully saturated rings. The van der Waals surface area contributed by atoms with Gasteiger partial charge in [-0.1, -0.05) is 65.7 Å². The third-order valence-electron chi connectivity index (χ3n) is 6.97. The van der Waals surface area contributed by atoms with Crippen LogP contribution in [-0.4, -0.2) is 63.5 Å². The van der Waals surface area contributed by atoms with Gasteiger partial charge < -0.3 is 5.32 Å². The normalized spacial score (nSPS) is 19.3. The third-order valence-corrected chi connectivity index (χ3v) is 9.84. The van der Waals surface area contributed by atoms with Gasteiger partial charge in [-0.2, -0.15) is 26.2 Å². The average molecular weight is 636 g/mol. The van der Waals surface area contributed by atoms with Crippen LogP contribution >= 0.6 is 23.2 Å². The fourth-order valence-corrected chi connectivity index (χ4v) is 6.75. The van der Waals surface area contributed by atoms with E-state index in [1.807, 2.05) is 42.5 Å². The second-order valence-corrected chi connectivity index (χ2v) is 13.8. The van der Waals surface area contributed by atoms with Crippen molar-refractivity contribution in [3.63, 3.8) is 0 Å². The highest BCUT2D eigenvalue weighted by Crippen LogP contribution is 2.30. The Hall–Kier alpha value is -3.00. The van der Waals surface area contributed by atoms with Crippen molar-refractivity contribution in [2.24, 2.45) is 14.6 Å². The summed E-state index contributed by atoms with van der Waals surface area (Å²) in [6.45, 7) is 0.708. The summed E-state index contributed by atoms with van der Waals surface area (Å²) in [7, 11) is -7.97. The molecule has 0 saturated carbocycles. The molecule has 0 spiro atoms. The van der Waals surface area contributed by atoms with Gasteiger partial charge in [0.15, 0.2) is 0 Å². The molecule has 0 bridgehead atoms. The molecular weight excluding hydrogens is 607 g/mol. The van der Waals surface area contributed by atoms with Crippen LogP contribution in [0.1, 0.15) is 29.9 Å². The number of benzene rings is 3. The van der Waals surface area contributed by atoms with Gasteiger partial charge in [-0.15, -0.1) is 4.40 Å². The second kappa shape index (κ2) is 12.1. The molecule has 3 aromatic carbocycles. The molecule has 14 heteroatoms. The minimum absolute atomic E-state index is 0.0223. The summed E-state index contributed by atoms with van der Waals surface area (Å²) in [6, 6.07) is 22.6. The zero-order valence-corrected chi connectivity index (χ0v) is 24.9. The van der Waals surface area contributed by atoms with Crippen molar-refractivity contribution in [3.05, 3.63) is 100 Å². The molecule has 5 rings (SSSR count). The van der Waals surface area contributed by atoms with Crippen LogP contribution in [0.15, 0.2) is 93.3 Å². The molecule has 216 valence electrons. The Bertz CT molecular complexity index is 1660. The van der Waals surface area contributed by atoms with E-state index in [1.54, 1.807) is 17.1 Å². The van der Waals surface area contributed by atoms with E-state index in [1.165, 1.54) is 28.6 Å². The van der Waals surface area contributed by atoms with Crippen molar-refractivity contribution < 1.29 is 16.8 Å². The highest BCUT2D eigenvalue weighted by Gasteiger charge is 2.34. The number of hydrogen-bond acceptors (Lipinski definition) is 5. The zero-order chi connectivity index (χ0) is 29.2. The Morgan fingerprint density at radius 1 is 0.878 bits per heavy atom. The maximum Gasteiger partial charge on any atom is 0.285 e. The van der Waals surface area contributed by atoms with Crippen LogP contribution in [0.25, 0.3) is 0 Å². The summed E-state index contributed by atoms with van der Waals surface area (Å²) >= 11 is 12.1. The van der Waals surface area contributed by atoms with E-state index >= 15 is 0 Å². The van der Waals surface area contributed by atoms with Crippen LogP contribution in [0, 0.1) is 0 Å². The van der Waals surface area contributed by atoms with E-state index in [2.05, 4.69) is 9.71 Å².